The van der Waals surface area contributed by atoms with E-state index in [1.54, 1.807) is 0 Å². The Morgan fingerprint density at radius 3 is 2.00 bits per heavy atom. The average molecular weight is 234 g/mol. The van der Waals surface area contributed by atoms with Crippen LogP contribution in [0, 0.1) is 0 Å². The van der Waals surface area contributed by atoms with Crippen molar-refractivity contribution in [3.8, 4) is 0 Å². The molecule has 8 heteroatoms. The van der Waals surface area contributed by atoms with Crippen molar-refractivity contribution in [3.63, 3.8) is 0 Å². The van der Waals surface area contributed by atoms with Gasteiger partial charge in [0.1, 0.15) is 12.1 Å². The van der Waals surface area contributed by atoms with Crippen LogP contribution in [0.3, 0.4) is 0 Å². The molecule has 0 amide bonds. The topological polar surface area (TPSA) is 150 Å². The second kappa shape index (κ2) is 6.03. The van der Waals surface area contributed by atoms with Gasteiger partial charge in [0.25, 0.3) is 0 Å². The number of rotatable bonds is 7. The number of nitrogens with two attached hydrogens (primary N) is 1. The quantitative estimate of drug-likeness (QED) is 0.350. The number of carboxylic acids is 3. The third-order valence-electron chi connectivity index (χ3n) is 1.96. The zero-order valence-electron chi connectivity index (χ0n) is 8.58. The fourth-order valence-corrected chi connectivity index (χ4v) is 1.03. The molecule has 6 N–H and O–H groups in total. The summed E-state index contributed by atoms with van der Waals surface area (Å²) in [5.41, 5.74) is 5.24. The summed E-state index contributed by atoms with van der Waals surface area (Å²) in [6.45, 7) is 1.37. The summed E-state index contributed by atoms with van der Waals surface area (Å²) in [7, 11) is 0. The summed E-state index contributed by atoms with van der Waals surface area (Å²) in [5, 5.41) is 28.0. The van der Waals surface area contributed by atoms with Crippen molar-refractivity contribution in [3.05, 3.63) is 0 Å². The van der Waals surface area contributed by atoms with Gasteiger partial charge in [0.2, 0.25) is 0 Å². The molecule has 0 saturated heterocycles. The van der Waals surface area contributed by atoms with Gasteiger partial charge in [-0.1, -0.05) is 0 Å². The molecule has 0 fully saturated rings. The predicted octanol–water partition coefficient (Wildman–Crippen LogP) is -1.70. The first-order valence-corrected chi connectivity index (χ1v) is 4.44. The van der Waals surface area contributed by atoms with E-state index in [0.29, 0.717) is 0 Å². The summed E-state index contributed by atoms with van der Waals surface area (Å²) >= 11 is 0. The zero-order valence-corrected chi connectivity index (χ0v) is 8.58. The van der Waals surface area contributed by atoms with E-state index < -0.39 is 42.5 Å². The highest BCUT2D eigenvalue weighted by molar-refractivity contribution is 5.81. The molecule has 0 saturated carbocycles. The van der Waals surface area contributed by atoms with Crippen molar-refractivity contribution in [2.45, 2.75) is 31.5 Å². The Labute approximate surface area is 91.1 Å². The van der Waals surface area contributed by atoms with E-state index in [-0.39, 0.29) is 0 Å². The maximum absolute atomic E-state index is 10.6. The van der Waals surface area contributed by atoms with E-state index >= 15 is 0 Å². The van der Waals surface area contributed by atoms with E-state index in [9.17, 15) is 14.4 Å². The molecule has 0 aliphatic rings. The Morgan fingerprint density at radius 2 is 1.69 bits per heavy atom. The molecule has 16 heavy (non-hydrogen) atoms. The third kappa shape index (κ3) is 4.71. The maximum Gasteiger partial charge on any atom is 0.322 e. The average Bonchev–Trinajstić information content (AvgIpc) is 2.14. The number of carboxylic acid groups (broad SMARTS) is 3. The van der Waals surface area contributed by atoms with E-state index in [1.165, 1.54) is 6.92 Å². The molecule has 0 aliphatic carbocycles. The predicted molar refractivity (Wildman–Crippen MR) is 51.9 cm³/mol. The smallest absolute Gasteiger partial charge is 0.322 e. The summed E-state index contributed by atoms with van der Waals surface area (Å²) in [5.74, 6) is -3.96. The summed E-state index contributed by atoms with van der Waals surface area (Å²) in [4.78, 5) is 31.5. The third-order valence-corrected chi connectivity index (χ3v) is 1.96. The monoisotopic (exact) mass is 234 g/mol. The number of aliphatic carboxylic acids is 3. The van der Waals surface area contributed by atoms with Crippen molar-refractivity contribution in [2.75, 3.05) is 0 Å². The molecule has 1 unspecified atom stereocenters. The van der Waals surface area contributed by atoms with Gasteiger partial charge >= 0.3 is 17.9 Å². The van der Waals surface area contributed by atoms with Crippen LogP contribution in [-0.2, 0) is 14.4 Å². The van der Waals surface area contributed by atoms with E-state index in [2.05, 4.69) is 5.32 Å². The fourth-order valence-electron chi connectivity index (χ4n) is 1.03. The van der Waals surface area contributed by atoms with Crippen LogP contribution in [0.15, 0.2) is 0 Å². The van der Waals surface area contributed by atoms with Crippen LogP contribution in [-0.4, -0.2) is 51.4 Å². The Morgan fingerprint density at radius 1 is 1.19 bits per heavy atom. The van der Waals surface area contributed by atoms with Crippen molar-refractivity contribution in [2.24, 2.45) is 5.73 Å². The summed E-state index contributed by atoms with van der Waals surface area (Å²) < 4.78 is 0. The largest absolute Gasteiger partial charge is 0.481 e. The lowest BCUT2D eigenvalue weighted by molar-refractivity contribution is -0.146. The first-order valence-electron chi connectivity index (χ1n) is 4.44. The molecule has 0 aromatic heterocycles. The minimum Gasteiger partial charge on any atom is -0.481 e. The van der Waals surface area contributed by atoms with Crippen LogP contribution in [0.2, 0.25) is 0 Å². The first-order chi connectivity index (χ1) is 7.25. The summed E-state index contributed by atoms with van der Waals surface area (Å²) in [6, 6.07) is -3.51. The first kappa shape index (κ1) is 14.3. The van der Waals surface area contributed by atoms with Crippen molar-refractivity contribution >= 4 is 17.9 Å². The molecule has 0 heterocycles. The molecule has 0 aromatic rings. The van der Waals surface area contributed by atoms with Gasteiger partial charge in [0.05, 0.1) is 6.42 Å². The number of hydrogen-bond donors (Lipinski definition) is 5. The fraction of sp³-hybridized carbons (Fsp3) is 0.625. The van der Waals surface area contributed by atoms with E-state index in [0.717, 1.165) is 0 Å². The van der Waals surface area contributed by atoms with E-state index in [4.69, 9.17) is 21.1 Å². The molecule has 0 rings (SSSR count). The number of hydrogen-bond acceptors (Lipinski definition) is 5. The molecule has 92 valence electrons. The van der Waals surface area contributed by atoms with Gasteiger partial charge in [-0.05, 0) is 6.92 Å². The molecule has 8 nitrogen and oxygen atoms in total. The highest BCUT2D eigenvalue weighted by atomic mass is 16.4. The van der Waals surface area contributed by atoms with Crippen molar-refractivity contribution < 1.29 is 29.7 Å². The molecule has 0 radical (unpaired) electrons. The number of nitrogens with one attached hydrogen (secondary N) is 1. The SMILES string of the molecule is C[C@@H](NC(CC(=O)O)C(=O)O)[C@H](N)C(=O)O. The lowest BCUT2D eigenvalue weighted by atomic mass is 10.1. The molecular formula is C8H14N2O6. The normalized spacial score (nSPS) is 16.1. The second-order valence-corrected chi connectivity index (χ2v) is 3.31. The van der Waals surface area contributed by atoms with Crippen LogP contribution in [0.4, 0.5) is 0 Å². The Kier molecular flexibility index (Phi) is 5.40. The van der Waals surface area contributed by atoms with Crippen LogP contribution in [0.5, 0.6) is 0 Å². The van der Waals surface area contributed by atoms with Gasteiger partial charge in [-0.3, -0.25) is 19.7 Å². The van der Waals surface area contributed by atoms with Gasteiger partial charge in [-0.25, -0.2) is 0 Å². The minimum absolute atomic E-state index is 0.647. The molecule has 0 spiro atoms. The Balaban J connectivity index is 4.45. The van der Waals surface area contributed by atoms with Crippen LogP contribution in [0.25, 0.3) is 0 Å². The van der Waals surface area contributed by atoms with Crippen LogP contribution >= 0.6 is 0 Å². The lowest BCUT2D eigenvalue weighted by Gasteiger charge is -2.21. The summed E-state index contributed by atoms with van der Waals surface area (Å²) in [6.07, 6.45) is -0.647. The highest BCUT2D eigenvalue weighted by Crippen LogP contribution is 1.98. The van der Waals surface area contributed by atoms with Crippen molar-refractivity contribution in [1.29, 1.82) is 0 Å². The van der Waals surface area contributed by atoms with Gasteiger partial charge in [-0.15, -0.1) is 0 Å². The van der Waals surface area contributed by atoms with Gasteiger partial charge in [-0.2, -0.15) is 0 Å². The zero-order chi connectivity index (χ0) is 12.9. The standard InChI is InChI=1S/C8H14N2O6/c1-3(6(9)8(15)16)10-4(7(13)14)2-5(11)12/h3-4,6,10H,2,9H2,1H3,(H,11,12)(H,13,14)(H,15,16)/t3-,4?,6+/m1/s1. The Bertz CT molecular complexity index is 292. The number of carbonyl (C=O) groups is 3. The molecule has 3 atom stereocenters. The maximum atomic E-state index is 10.6. The lowest BCUT2D eigenvalue weighted by Crippen LogP contribution is -2.53. The minimum atomic E-state index is -1.37. The molecule has 0 bridgehead atoms. The van der Waals surface area contributed by atoms with Crippen LogP contribution in [0.1, 0.15) is 13.3 Å². The molecule has 0 aromatic carbocycles. The Hall–Kier alpha value is -1.67. The second-order valence-electron chi connectivity index (χ2n) is 3.31. The van der Waals surface area contributed by atoms with Gasteiger partial charge in [0, 0.05) is 6.04 Å². The highest BCUT2D eigenvalue weighted by Gasteiger charge is 2.27. The van der Waals surface area contributed by atoms with Crippen LogP contribution < -0.4 is 11.1 Å². The van der Waals surface area contributed by atoms with E-state index in [1.807, 2.05) is 0 Å². The van der Waals surface area contributed by atoms with Gasteiger partial charge in [0.15, 0.2) is 0 Å². The molecule has 0 aliphatic heterocycles. The van der Waals surface area contributed by atoms with Crippen molar-refractivity contribution in [1.82, 2.24) is 5.32 Å². The molecular weight excluding hydrogens is 220 g/mol. The van der Waals surface area contributed by atoms with Gasteiger partial charge < -0.3 is 21.1 Å².